The molecule has 0 aliphatic carbocycles. The minimum absolute atomic E-state index is 0.112. The Morgan fingerprint density at radius 1 is 1.22 bits per heavy atom. The van der Waals surface area contributed by atoms with Gasteiger partial charge >= 0.3 is 0 Å². The fraction of sp³-hybridized carbons (Fsp3) is 0.333. The van der Waals surface area contributed by atoms with E-state index in [1.807, 2.05) is 61.1 Å². The van der Waals surface area contributed by atoms with Crippen molar-refractivity contribution in [3.63, 3.8) is 0 Å². The third kappa shape index (κ3) is 3.06. The van der Waals surface area contributed by atoms with Gasteiger partial charge in [-0.2, -0.15) is 5.10 Å². The van der Waals surface area contributed by atoms with Gasteiger partial charge in [0.05, 0.1) is 11.4 Å². The predicted molar refractivity (Wildman–Crippen MR) is 71.7 cm³/mol. The minimum atomic E-state index is 0.112. The first kappa shape index (κ1) is 12.6. The van der Waals surface area contributed by atoms with Crippen LogP contribution in [0.1, 0.15) is 26.0 Å². The van der Waals surface area contributed by atoms with Crippen LogP contribution < -0.4 is 0 Å². The number of para-hydroxylation sites is 1. The summed E-state index contributed by atoms with van der Waals surface area (Å²) in [4.78, 5) is 11.6. The van der Waals surface area contributed by atoms with Gasteiger partial charge in [0.1, 0.15) is 5.78 Å². The molecular weight excluding hydrogens is 224 g/mol. The topological polar surface area (TPSA) is 34.9 Å². The van der Waals surface area contributed by atoms with Crippen molar-refractivity contribution in [1.82, 2.24) is 9.78 Å². The SMILES string of the molecule is CC(C)C(=O)CCc1ccn(-c2ccccc2)n1. The summed E-state index contributed by atoms with van der Waals surface area (Å²) in [6.45, 7) is 3.87. The molecule has 0 amide bonds. The smallest absolute Gasteiger partial charge is 0.135 e. The Morgan fingerprint density at radius 3 is 2.61 bits per heavy atom. The van der Waals surface area contributed by atoms with Crippen molar-refractivity contribution in [3.05, 3.63) is 48.3 Å². The van der Waals surface area contributed by atoms with Crippen molar-refractivity contribution in [1.29, 1.82) is 0 Å². The van der Waals surface area contributed by atoms with Crippen molar-refractivity contribution in [3.8, 4) is 5.69 Å². The first-order valence-electron chi connectivity index (χ1n) is 6.29. The quantitative estimate of drug-likeness (QED) is 0.807. The summed E-state index contributed by atoms with van der Waals surface area (Å²) >= 11 is 0. The number of hydrogen-bond acceptors (Lipinski definition) is 2. The molecule has 94 valence electrons. The Balaban J connectivity index is 2.01. The molecule has 2 aromatic rings. The van der Waals surface area contributed by atoms with Crippen molar-refractivity contribution >= 4 is 5.78 Å². The Labute approximate surface area is 107 Å². The summed E-state index contributed by atoms with van der Waals surface area (Å²) in [6, 6.07) is 11.9. The van der Waals surface area contributed by atoms with Crippen LogP contribution in [-0.2, 0) is 11.2 Å². The lowest BCUT2D eigenvalue weighted by molar-refractivity contribution is -0.121. The van der Waals surface area contributed by atoms with E-state index in [4.69, 9.17) is 0 Å². The molecule has 0 N–H and O–H groups in total. The maximum Gasteiger partial charge on any atom is 0.135 e. The zero-order chi connectivity index (χ0) is 13.0. The largest absolute Gasteiger partial charge is 0.299 e. The number of hydrogen-bond donors (Lipinski definition) is 0. The van der Waals surface area contributed by atoms with Gasteiger partial charge < -0.3 is 0 Å². The van der Waals surface area contributed by atoms with Gasteiger partial charge in [0.15, 0.2) is 0 Å². The number of aryl methyl sites for hydroxylation is 1. The molecule has 0 atom stereocenters. The molecule has 3 nitrogen and oxygen atoms in total. The van der Waals surface area contributed by atoms with Crippen molar-refractivity contribution in [2.45, 2.75) is 26.7 Å². The van der Waals surface area contributed by atoms with Gasteiger partial charge in [-0.1, -0.05) is 32.0 Å². The van der Waals surface area contributed by atoms with Crippen molar-refractivity contribution < 1.29 is 4.79 Å². The summed E-state index contributed by atoms with van der Waals surface area (Å²) < 4.78 is 1.84. The van der Waals surface area contributed by atoms with E-state index in [1.54, 1.807) is 0 Å². The molecule has 1 aromatic heterocycles. The van der Waals surface area contributed by atoms with Crippen LogP contribution in [-0.4, -0.2) is 15.6 Å². The predicted octanol–water partition coefficient (Wildman–Crippen LogP) is 3.03. The summed E-state index contributed by atoms with van der Waals surface area (Å²) in [5.41, 5.74) is 2.01. The Bertz CT molecular complexity index is 514. The first-order valence-corrected chi connectivity index (χ1v) is 6.29. The molecule has 18 heavy (non-hydrogen) atoms. The summed E-state index contributed by atoms with van der Waals surface area (Å²) in [7, 11) is 0. The fourth-order valence-electron chi connectivity index (χ4n) is 1.76. The molecule has 0 saturated heterocycles. The van der Waals surface area contributed by atoms with Gasteiger partial charge in [-0.3, -0.25) is 4.79 Å². The van der Waals surface area contributed by atoms with E-state index in [2.05, 4.69) is 5.10 Å². The molecule has 0 radical (unpaired) electrons. The highest BCUT2D eigenvalue weighted by molar-refractivity contribution is 5.80. The number of Topliss-reactive ketones (excluding diaryl/α,β-unsaturated/α-hetero) is 1. The maximum absolute atomic E-state index is 11.6. The van der Waals surface area contributed by atoms with Crippen LogP contribution in [0.5, 0.6) is 0 Å². The molecular formula is C15H18N2O. The molecule has 0 saturated carbocycles. The molecule has 0 spiro atoms. The zero-order valence-electron chi connectivity index (χ0n) is 10.8. The van der Waals surface area contributed by atoms with Crippen LogP contribution in [0.3, 0.4) is 0 Å². The summed E-state index contributed by atoms with van der Waals surface area (Å²) in [5.74, 6) is 0.408. The second-order valence-corrected chi connectivity index (χ2v) is 4.71. The third-order valence-corrected chi connectivity index (χ3v) is 2.94. The van der Waals surface area contributed by atoms with E-state index in [1.165, 1.54) is 0 Å². The van der Waals surface area contributed by atoms with Gasteiger partial charge in [0, 0.05) is 18.5 Å². The van der Waals surface area contributed by atoms with Crippen LogP contribution in [0.15, 0.2) is 42.6 Å². The highest BCUT2D eigenvalue weighted by Gasteiger charge is 2.08. The minimum Gasteiger partial charge on any atom is -0.299 e. The average molecular weight is 242 g/mol. The van der Waals surface area contributed by atoms with Crippen LogP contribution in [0.4, 0.5) is 0 Å². The van der Waals surface area contributed by atoms with E-state index in [0.717, 1.165) is 17.8 Å². The summed E-state index contributed by atoms with van der Waals surface area (Å²) in [6.07, 6.45) is 3.23. The van der Waals surface area contributed by atoms with E-state index in [0.29, 0.717) is 12.2 Å². The van der Waals surface area contributed by atoms with E-state index >= 15 is 0 Å². The Morgan fingerprint density at radius 2 is 1.94 bits per heavy atom. The number of aromatic nitrogens is 2. The second kappa shape index (κ2) is 5.63. The number of nitrogens with zero attached hydrogens (tertiary/aromatic N) is 2. The first-order chi connectivity index (χ1) is 8.66. The van der Waals surface area contributed by atoms with Crippen LogP contribution in [0.2, 0.25) is 0 Å². The molecule has 0 fully saturated rings. The standard InChI is InChI=1S/C15H18N2O/c1-12(2)15(18)9-8-13-10-11-17(16-13)14-6-4-3-5-7-14/h3-7,10-12H,8-9H2,1-2H3. The van der Waals surface area contributed by atoms with Crippen LogP contribution in [0, 0.1) is 5.92 Å². The fourth-order valence-corrected chi connectivity index (χ4v) is 1.76. The molecule has 3 heteroatoms. The summed E-state index contributed by atoms with van der Waals surface area (Å²) in [5, 5.41) is 4.48. The maximum atomic E-state index is 11.6. The Kier molecular flexibility index (Phi) is 3.92. The van der Waals surface area contributed by atoms with Gasteiger partial charge in [0.2, 0.25) is 0 Å². The van der Waals surface area contributed by atoms with Gasteiger partial charge in [-0.15, -0.1) is 0 Å². The average Bonchev–Trinajstić information content (AvgIpc) is 2.85. The lowest BCUT2D eigenvalue weighted by Crippen LogP contribution is -2.08. The molecule has 2 rings (SSSR count). The van der Waals surface area contributed by atoms with Gasteiger partial charge in [-0.05, 0) is 24.6 Å². The molecule has 0 unspecified atom stereocenters. The molecule has 0 aliphatic heterocycles. The van der Waals surface area contributed by atoms with Gasteiger partial charge in [-0.25, -0.2) is 4.68 Å². The highest BCUT2D eigenvalue weighted by atomic mass is 16.1. The van der Waals surface area contributed by atoms with Crippen molar-refractivity contribution in [2.24, 2.45) is 5.92 Å². The molecule has 0 bridgehead atoms. The van der Waals surface area contributed by atoms with Crippen molar-refractivity contribution in [2.75, 3.05) is 0 Å². The van der Waals surface area contributed by atoms with E-state index < -0.39 is 0 Å². The van der Waals surface area contributed by atoms with Crippen LogP contribution in [0.25, 0.3) is 5.69 Å². The molecule has 0 aliphatic rings. The second-order valence-electron chi connectivity index (χ2n) is 4.71. The zero-order valence-corrected chi connectivity index (χ0v) is 10.8. The number of rotatable bonds is 5. The number of carbonyl (C=O) groups excluding carboxylic acids is 1. The monoisotopic (exact) mass is 242 g/mol. The third-order valence-electron chi connectivity index (χ3n) is 2.94. The van der Waals surface area contributed by atoms with Gasteiger partial charge in [0.25, 0.3) is 0 Å². The number of benzene rings is 1. The molecule has 1 aromatic carbocycles. The van der Waals surface area contributed by atoms with E-state index in [9.17, 15) is 4.79 Å². The highest BCUT2D eigenvalue weighted by Crippen LogP contribution is 2.09. The molecule has 1 heterocycles. The lowest BCUT2D eigenvalue weighted by atomic mass is 10.0. The van der Waals surface area contributed by atoms with Crippen LogP contribution >= 0.6 is 0 Å². The van der Waals surface area contributed by atoms with E-state index in [-0.39, 0.29) is 5.92 Å². The lowest BCUT2D eigenvalue weighted by Gasteiger charge is -2.02. The number of carbonyl (C=O) groups is 1. The number of ketones is 1. The Hall–Kier alpha value is -1.90. The normalized spacial score (nSPS) is 10.8.